The number of nitrogens with one attached hydrogen (secondary N) is 2. The molecule has 0 saturated carbocycles. The summed E-state index contributed by atoms with van der Waals surface area (Å²) in [5, 5.41) is 16.9. The van der Waals surface area contributed by atoms with Gasteiger partial charge in [-0.05, 0) is 66.2 Å². The predicted octanol–water partition coefficient (Wildman–Crippen LogP) is 2.27. The van der Waals surface area contributed by atoms with Gasteiger partial charge < -0.3 is 15.4 Å². The van der Waals surface area contributed by atoms with Crippen molar-refractivity contribution in [3.05, 3.63) is 59.7 Å². The molecule has 156 valence electrons. The van der Waals surface area contributed by atoms with Gasteiger partial charge in [0.05, 0.1) is 7.11 Å². The number of hydrogen-bond acceptors (Lipinski definition) is 6. The lowest BCUT2D eigenvalue weighted by Crippen LogP contribution is -2.25. The summed E-state index contributed by atoms with van der Waals surface area (Å²) in [6.07, 6.45) is 0.669. The zero-order chi connectivity index (χ0) is 21.5. The molecule has 30 heavy (non-hydrogen) atoms. The molecule has 2 amide bonds. The topological polar surface area (TPSA) is 111 Å². The van der Waals surface area contributed by atoms with E-state index >= 15 is 0 Å². The normalized spacial score (nSPS) is 10.5. The van der Waals surface area contributed by atoms with Gasteiger partial charge in [-0.3, -0.25) is 9.59 Å². The first-order valence-corrected chi connectivity index (χ1v) is 9.25. The molecule has 0 spiro atoms. The Kier molecular flexibility index (Phi) is 6.68. The molecular formula is C20H21FN6O3. The molecule has 2 N–H and O–H groups in total. The number of hydrogen-bond donors (Lipinski definition) is 2. The number of rotatable bonds is 8. The van der Waals surface area contributed by atoms with Crippen LogP contribution in [-0.2, 0) is 4.79 Å². The maximum absolute atomic E-state index is 12.9. The van der Waals surface area contributed by atoms with Crippen LogP contribution in [0.4, 0.5) is 10.1 Å². The zero-order valence-corrected chi connectivity index (χ0v) is 16.6. The number of carbonyl (C=O) groups excluding carboxylic acids is 2. The molecule has 0 aliphatic carbocycles. The van der Waals surface area contributed by atoms with Crippen molar-refractivity contribution < 1.29 is 18.7 Å². The van der Waals surface area contributed by atoms with E-state index in [9.17, 15) is 14.0 Å². The molecule has 0 aliphatic rings. The fraction of sp³-hybridized carbons (Fsp3) is 0.250. The number of halogens is 1. The summed E-state index contributed by atoms with van der Waals surface area (Å²) in [4.78, 5) is 24.2. The summed E-state index contributed by atoms with van der Waals surface area (Å²) in [5.41, 5.74) is 1.54. The van der Waals surface area contributed by atoms with E-state index in [4.69, 9.17) is 4.74 Å². The number of benzene rings is 2. The van der Waals surface area contributed by atoms with Gasteiger partial charge in [0.1, 0.15) is 17.3 Å². The smallest absolute Gasteiger partial charge is 0.251 e. The van der Waals surface area contributed by atoms with Gasteiger partial charge in [-0.1, -0.05) is 0 Å². The summed E-state index contributed by atoms with van der Waals surface area (Å²) >= 11 is 0. The molecule has 1 aromatic heterocycles. The number of aryl methyl sites for hydroxylation is 1. The van der Waals surface area contributed by atoms with Gasteiger partial charge in [0.25, 0.3) is 5.91 Å². The average molecular weight is 412 g/mol. The number of amides is 2. The van der Waals surface area contributed by atoms with Crippen LogP contribution in [0.15, 0.2) is 42.5 Å². The van der Waals surface area contributed by atoms with Crippen LogP contribution in [0.1, 0.15) is 29.0 Å². The molecule has 9 nitrogen and oxygen atoms in total. The third-order valence-electron chi connectivity index (χ3n) is 4.29. The highest BCUT2D eigenvalue weighted by molar-refractivity contribution is 5.94. The molecule has 1 heterocycles. The highest BCUT2D eigenvalue weighted by Gasteiger charge is 2.12. The van der Waals surface area contributed by atoms with Gasteiger partial charge in [0, 0.05) is 24.2 Å². The van der Waals surface area contributed by atoms with E-state index in [0.29, 0.717) is 41.5 Å². The molecule has 0 aliphatic heterocycles. The van der Waals surface area contributed by atoms with E-state index < -0.39 is 5.82 Å². The molecular weight excluding hydrogens is 391 g/mol. The second-order valence-corrected chi connectivity index (χ2v) is 6.44. The molecule has 0 bridgehead atoms. The average Bonchev–Trinajstić information content (AvgIpc) is 3.17. The van der Waals surface area contributed by atoms with Gasteiger partial charge >= 0.3 is 0 Å². The summed E-state index contributed by atoms with van der Waals surface area (Å²) in [5.74, 6) is 0.225. The second-order valence-electron chi connectivity index (χ2n) is 6.44. The number of tetrazole rings is 1. The van der Waals surface area contributed by atoms with Crippen molar-refractivity contribution >= 4 is 17.5 Å². The number of ether oxygens (including phenoxy) is 1. The number of nitrogens with zero attached hydrogens (tertiary/aromatic N) is 4. The van der Waals surface area contributed by atoms with E-state index in [1.165, 1.54) is 36.1 Å². The Labute approximate surface area is 172 Å². The summed E-state index contributed by atoms with van der Waals surface area (Å²) in [6, 6.07) is 10.4. The van der Waals surface area contributed by atoms with E-state index in [1.54, 1.807) is 25.1 Å². The molecule has 3 aromatic rings. The number of aromatic nitrogens is 4. The maximum Gasteiger partial charge on any atom is 0.251 e. The molecule has 2 aromatic carbocycles. The molecule has 0 saturated heterocycles. The van der Waals surface area contributed by atoms with Gasteiger partial charge in [-0.2, -0.15) is 4.68 Å². The first-order chi connectivity index (χ1) is 14.5. The van der Waals surface area contributed by atoms with Crippen LogP contribution >= 0.6 is 0 Å². The van der Waals surface area contributed by atoms with Gasteiger partial charge in [-0.25, -0.2) is 4.39 Å². The van der Waals surface area contributed by atoms with Crippen LogP contribution in [-0.4, -0.2) is 45.7 Å². The fourth-order valence-corrected chi connectivity index (χ4v) is 2.77. The van der Waals surface area contributed by atoms with Crippen LogP contribution in [0.25, 0.3) is 5.69 Å². The van der Waals surface area contributed by atoms with Crippen molar-refractivity contribution in [2.45, 2.75) is 19.8 Å². The summed E-state index contributed by atoms with van der Waals surface area (Å²) in [7, 11) is 1.54. The third kappa shape index (κ3) is 5.16. The Bertz CT molecular complexity index is 1040. The predicted molar refractivity (Wildman–Crippen MR) is 107 cm³/mol. The van der Waals surface area contributed by atoms with Crippen LogP contribution < -0.4 is 15.4 Å². The van der Waals surface area contributed by atoms with Crippen molar-refractivity contribution in [3.8, 4) is 11.4 Å². The Morgan fingerprint density at radius 3 is 2.60 bits per heavy atom. The minimum Gasteiger partial charge on any atom is -0.494 e. The summed E-state index contributed by atoms with van der Waals surface area (Å²) in [6.45, 7) is 2.08. The Morgan fingerprint density at radius 2 is 1.93 bits per heavy atom. The molecule has 0 atom stereocenters. The summed E-state index contributed by atoms with van der Waals surface area (Å²) < 4.78 is 19.7. The first-order valence-electron chi connectivity index (χ1n) is 9.25. The lowest BCUT2D eigenvalue weighted by atomic mass is 10.2. The van der Waals surface area contributed by atoms with Crippen molar-refractivity contribution in [1.29, 1.82) is 0 Å². The molecule has 3 rings (SSSR count). The van der Waals surface area contributed by atoms with Crippen LogP contribution in [0.3, 0.4) is 0 Å². The molecule has 10 heteroatoms. The Balaban J connectivity index is 1.52. The largest absolute Gasteiger partial charge is 0.494 e. The lowest BCUT2D eigenvalue weighted by Gasteiger charge is -2.12. The van der Waals surface area contributed by atoms with Crippen molar-refractivity contribution in [2.24, 2.45) is 0 Å². The van der Waals surface area contributed by atoms with Crippen LogP contribution in [0.2, 0.25) is 0 Å². The maximum atomic E-state index is 12.9. The van der Waals surface area contributed by atoms with E-state index in [-0.39, 0.29) is 18.2 Å². The Morgan fingerprint density at radius 1 is 1.17 bits per heavy atom. The molecule has 0 radical (unpaired) electrons. The number of methoxy groups -OCH3 is 1. The molecule has 0 fully saturated rings. The standard InChI is InChI=1S/C20H21FN6O3/c1-13-24-25-26-27(13)17-12-16(9-10-18(17)30-2)23-19(28)4-3-11-22-20(29)14-5-7-15(21)8-6-14/h5-10,12H,3-4,11H2,1-2H3,(H,22,29)(H,23,28). The van der Waals surface area contributed by atoms with E-state index in [1.807, 2.05) is 0 Å². The zero-order valence-electron chi connectivity index (χ0n) is 16.6. The fourth-order valence-electron chi connectivity index (χ4n) is 2.77. The van der Waals surface area contributed by atoms with E-state index in [0.717, 1.165) is 0 Å². The lowest BCUT2D eigenvalue weighted by molar-refractivity contribution is -0.116. The van der Waals surface area contributed by atoms with Gasteiger partial charge in [0.2, 0.25) is 5.91 Å². The van der Waals surface area contributed by atoms with Crippen LogP contribution in [0, 0.1) is 12.7 Å². The van der Waals surface area contributed by atoms with Crippen LogP contribution in [0.5, 0.6) is 5.75 Å². The Hall–Kier alpha value is -3.82. The quantitative estimate of drug-likeness (QED) is 0.549. The number of anilines is 1. The highest BCUT2D eigenvalue weighted by atomic mass is 19.1. The SMILES string of the molecule is COc1ccc(NC(=O)CCCNC(=O)c2ccc(F)cc2)cc1-n1nnnc1C. The number of carbonyl (C=O) groups is 2. The first kappa shape index (κ1) is 20.9. The van der Waals surface area contributed by atoms with Crippen molar-refractivity contribution in [2.75, 3.05) is 19.0 Å². The van der Waals surface area contributed by atoms with Crippen molar-refractivity contribution in [1.82, 2.24) is 25.5 Å². The molecule has 0 unspecified atom stereocenters. The van der Waals surface area contributed by atoms with Gasteiger partial charge in [-0.15, -0.1) is 5.10 Å². The van der Waals surface area contributed by atoms with Crippen molar-refractivity contribution in [3.63, 3.8) is 0 Å². The van der Waals surface area contributed by atoms with E-state index in [2.05, 4.69) is 26.2 Å². The minimum atomic E-state index is -0.403. The second kappa shape index (κ2) is 9.59. The van der Waals surface area contributed by atoms with Gasteiger partial charge in [0.15, 0.2) is 5.82 Å². The third-order valence-corrected chi connectivity index (χ3v) is 4.29. The minimum absolute atomic E-state index is 0.199. The highest BCUT2D eigenvalue weighted by Crippen LogP contribution is 2.26. The monoisotopic (exact) mass is 412 g/mol.